The van der Waals surface area contributed by atoms with Gasteiger partial charge in [0, 0.05) is 5.56 Å². The van der Waals surface area contributed by atoms with E-state index in [1.807, 2.05) is 24.3 Å². The van der Waals surface area contributed by atoms with E-state index >= 15 is 0 Å². The SMILES string of the molecule is O=C(NC1CCc2ccccc21)c1ccc(S(=O)(=O)C(F)F)cc1. The molecule has 1 unspecified atom stereocenters. The number of carbonyl (C=O) groups is 1. The number of nitrogens with one attached hydrogen (secondary N) is 1. The van der Waals surface area contributed by atoms with Crippen LogP contribution in [0.5, 0.6) is 0 Å². The number of fused-ring (bicyclic) bond motifs is 1. The van der Waals surface area contributed by atoms with Gasteiger partial charge in [-0.3, -0.25) is 4.79 Å². The van der Waals surface area contributed by atoms with Crippen molar-refractivity contribution in [1.29, 1.82) is 0 Å². The Morgan fingerprint density at radius 2 is 1.75 bits per heavy atom. The van der Waals surface area contributed by atoms with Gasteiger partial charge >= 0.3 is 5.76 Å². The van der Waals surface area contributed by atoms with Crippen LogP contribution in [-0.4, -0.2) is 20.1 Å². The lowest BCUT2D eigenvalue weighted by molar-refractivity contribution is 0.0936. The molecule has 126 valence electrons. The number of sulfone groups is 1. The Morgan fingerprint density at radius 3 is 2.42 bits per heavy atom. The van der Waals surface area contributed by atoms with Crippen molar-refractivity contribution in [2.75, 3.05) is 0 Å². The van der Waals surface area contributed by atoms with Crippen molar-refractivity contribution in [1.82, 2.24) is 5.32 Å². The first-order chi connectivity index (χ1) is 11.4. The molecular weight excluding hydrogens is 336 g/mol. The second-order valence-corrected chi connectivity index (χ2v) is 7.51. The number of alkyl halides is 2. The second-order valence-electron chi connectivity index (χ2n) is 5.59. The zero-order chi connectivity index (χ0) is 17.3. The maximum atomic E-state index is 12.5. The molecule has 0 aliphatic heterocycles. The summed E-state index contributed by atoms with van der Waals surface area (Å²) in [6, 6.07) is 12.3. The van der Waals surface area contributed by atoms with E-state index in [0.717, 1.165) is 30.5 Å². The molecule has 2 aromatic carbocycles. The molecule has 4 nitrogen and oxygen atoms in total. The van der Waals surface area contributed by atoms with Crippen molar-refractivity contribution >= 4 is 15.7 Å². The highest BCUT2D eigenvalue weighted by molar-refractivity contribution is 7.91. The summed E-state index contributed by atoms with van der Waals surface area (Å²) in [4.78, 5) is 11.8. The van der Waals surface area contributed by atoms with Gasteiger partial charge < -0.3 is 5.32 Å². The molecule has 1 N–H and O–H groups in total. The summed E-state index contributed by atoms with van der Waals surface area (Å²) in [7, 11) is -4.65. The predicted octanol–water partition coefficient (Wildman–Crippen LogP) is 3.10. The van der Waals surface area contributed by atoms with E-state index in [1.165, 1.54) is 17.7 Å². The van der Waals surface area contributed by atoms with Gasteiger partial charge in [0.2, 0.25) is 9.84 Å². The van der Waals surface area contributed by atoms with Crippen molar-refractivity contribution in [3.63, 3.8) is 0 Å². The molecule has 1 aliphatic rings. The molecule has 3 rings (SSSR count). The first-order valence-corrected chi connectivity index (χ1v) is 8.95. The Kier molecular flexibility index (Phi) is 4.36. The molecule has 1 atom stereocenters. The molecule has 0 bridgehead atoms. The standard InChI is InChI=1S/C17H15F2NO3S/c18-17(19)24(22,23)13-8-5-12(6-9-13)16(21)20-15-10-7-11-3-1-2-4-14(11)15/h1-6,8-9,15,17H,7,10H2,(H,20,21). The average Bonchev–Trinajstić information content (AvgIpc) is 2.98. The Labute approximate surface area is 138 Å². The van der Waals surface area contributed by atoms with Gasteiger partial charge in [-0.15, -0.1) is 0 Å². The van der Waals surface area contributed by atoms with E-state index in [2.05, 4.69) is 5.32 Å². The Balaban J connectivity index is 1.75. The summed E-state index contributed by atoms with van der Waals surface area (Å²) in [5.41, 5.74) is 2.50. The molecule has 0 saturated heterocycles. The van der Waals surface area contributed by atoms with Crippen molar-refractivity contribution in [3.05, 3.63) is 65.2 Å². The van der Waals surface area contributed by atoms with Crippen LogP contribution in [-0.2, 0) is 16.3 Å². The lowest BCUT2D eigenvalue weighted by Crippen LogP contribution is -2.27. The molecule has 0 saturated carbocycles. The van der Waals surface area contributed by atoms with Gasteiger partial charge in [0.25, 0.3) is 5.91 Å². The second kappa shape index (κ2) is 6.32. The molecule has 0 fully saturated rings. The van der Waals surface area contributed by atoms with Crippen LogP contribution in [0.1, 0.15) is 33.9 Å². The first-order valence-electron chi connectivity index (χ1n) is 7.40. The molecule has 2 aromatic rings. The van der Waals surface area contributed by atoms with Crippen molar-refractivity contribution in [3.8, 4) is 0 Å². The van der Waals surface area contributed by atoms with Crippen LogP contribution in [0.15, 0.2) is 53.4 Å². The quantitative estimate of drug-likeness (QED) is 0.921. The summed E-state index contributed by atoms with van der Waals surface area (Å²) < 4.78 is 47.8. The molecule has 24 heavy (non-hydrogen) atoms. The van der Waals surface area contributed by atoms with E-state index in [4.69, 9.17) is 0 Å². The van der Waals surface area contributed by atoms with Crippen LogP contribution in [0.2, 0.25) is 0 Å². The normalized spacial score (nSPS) is 16.9. The lowest BCUT2D eigenvalue weighted by atomic mass is 10.1. The van der Waals surface area contributed by atoms with E-state index < -0.39 is 20.5 Å². The summed E-state index contributed by atoms with van der Waals surface area (Å²) >= 11 is 0. The van der Waals surface area contributed by atoms with Gasteiger partial charge in [-0.1, -0.05) is 24.3 Å². The summed E-state index contributed by atoms with van der Waals surface area (Å²) in [6.07, 6.45) is 1.68. The van der Waals surface area contributed by atoms with Crippen LogP contribution in [0, 0.1) is 0 Å². The van der Waals surface area contributed by atoms with Crippen molar-refractivity contribution < 1.29 is 22.0 Å². The number of carbonyl (C=O) groups excluding carboxylic acids is 1. The van der Waals surface area contributed by atoms with Gasteiger partial charge in [-0.05, 0) is 48.2 Å². The number of aryl methyl sites for hydroxylation is 1. The van der Waals surface area contributed by atoms with Gasteiger partial charge in [-0.25, -0.2) is 8.42 Å². The smallest absolute Gasteiger partial charge is 0.341 e. The van der Waals surface area contributed by atoms with E-state index in [1.54, 1.807) is 0 Å². The third-order valence-corrected chi connectivity index (χ3v) is 5.52. The van der Waals surface area contributed by atoms with Gasteiger partial charge in [0.05, 0.1) is 10.9 Å². The predicted molar refractivity (Wildman–Crippen MR) is 84.6 cm³/mol. The highest BCUT2D eigenvalue weighted by atomic mass is 32.2. The minimum absolute atomic E-state index is 0.0989. The fraction of sp³-hybridized carbons (Fsp3) is 0.235. The van der Waals surface area contributed by atoms with Crippen LogP contribution in [0.4, 0.5) is 8.78 Å². The van der Waals surface area contributed by atoms with Crippen molar-refractivity contribution in [2.45, 2.75) is 29.5 Å². The third-order valence-electron chi connectivity index (χ3n) is 4.12. The number of rotatable bonds is 4. The first kappa shape index (κ1) is 16.6. The maximum Gasteiger partial charge on any atom is 0.341 e. The van der Waals surface area contributed by atoms with Crippen LogP contribution >= 0.6 is 0 Å². The largest absolute Gasteiger partial charge is 0.345 e. The van der Waals surface area contributed by atoms with Gasteiger partial charge in [0.15, 0.2) is 0 Å². The fourth-order valence-electron chi connectivity index (χ4n) is 2.85. The van der Waals surface area contributed by atoms with Gasteiger partial charge in [-0.2, -0.15) is 8.78 Å². The molecular formula is C17H15F2NO3S. The minimum Gasteiger partial charge on any atom is -0.345 e. The highest BCUT2D eigenvalue weighted by Gasteiger charge is 2.27. The molecule has 1 amide bonds. The molecule has 0 radical (unpaired) electrons. The summed E-state index contributed by atoms with van der Waals surface area (Å²) in [6.45, 7) is 0. The zero-order valence-electron chi connectivity index (χ0n) is 12.6. The average molecular weight is 351 g/mol. The third kappa shape index (κ3) is 3.03. The van der Waals surface area contributed by atoms with Crippen molar-refractivity contribution in [2.24, 2.45) is 0 Å². The fourth-order valence-corrected chi connectivity index (χ4v) is 3.57. The minimum atomic E-state index is -4.65. The molecule has 7 heteroatoms. The number of benzene rings is 2. The molecule has 1 aliphatic carbocycles. The molecule has 0 aromatic heterocycles. The maximum absolute atomic E-state index is 12.5. The highest BCUT2D eigenvalue weighted by Crippen LogP contribution is 2.31. The van der Waals surface area contributed by atoms with E-state index in [9.17, 15) is 22.0 Å². The van der Waals surface area contributed by atoms with E-state index in [-0.39, 0.29) is 17.5 Å². The number of hydrogen-bond donors (Lipinski definition) is 1. The number of amides is 1. The van der Waals surface area contributed by atoms with Gasteiger partial charge in [0.1, 0.15) is 0 Å². The van der Waals surface area contributed by atoms with E-state index in [0.29, 0.717) is 0 Å². The zero-order valence-corrected chi connectivity index (χ0v) is 13.4. The number of halogens is 2. The monoisotopic (exact) mass is 351 g/mol. The Morgan fingerprint density at radius 1 is 1.08 bits per heavy atom. The number of hydrogen-bond acceptors (Lipinski definition) is 3. The van der Waals surface area contributed by atoms with Crippen LogP contribution in [0.3, 0.4) is 0 Å². The summed E-state index contributed by atoms with van der Waals surface area (Å²) in [5, 5.41) is 2.90. The molecule has 0 heterocycles. The Bertz CT molecular complexity index is 864. The lowest BCUT2D eigenvalue weighted by Gasteiger charge is -2.14. The topological polar surface area (TPSA) is 63.2 Å². The van der Waals surface area contributed by atoms with Crippen LogP contribution < -0.4 is 5.32 Å². The summed E-state index contributed by atoms with van der Waals surface area (Å²) in [5.74, 6) is -3.84. The molecule has 0 spiro atoms. The van der Waals surface area contributed by atoms with Crippen LogP contribution in [0.25, 0.3) is 0 Å². The Hall–Kier alpha value is -2.28.